The summed E-state index contributed by atoms with van der Waals surface area (Å²) >= 11 is 12.0. The molecule has 0 amide bonds. The van der Waals surface area contributed by atoms with Crippen molar-refractivity contribution in [2.75, 3.05) is 26.3 Å². The van der Waals surface area contributed by atoms with Crippen molar-refractivity contribution in [2.24, 2.45) is 0 Å². The van der Waals surface area contributed by atoms with Gasteiger partial charge in [-0.2, -0.15) is 5.10 Å². The number of rotatable bonds is 10. The average Bonchev–Trinajstić information content (AvgIpc) is 3.17. The number of nitrogens with zero attached hydrogens (tertiary/aromatic N) is 3. The zero-order valence-electron chi connectivity index (χ0n) is 20.1. The molecular formula is C27H33Cl2N3O3. The third kappa shape index (κ3) is 7.87. The first kappa shape index (κ1) is 25.8. The summed E-state index contributed by atoms with van der Waals surface area (Å²) in [4.78, 5) is 2.39. The Labute approximate surface area is 217 Å². The van der Waals surface area contributed by atoms with E-state index in [1.807, 2.05) is 36.0 Å². The fourth-order valence-electron chi connectivity index (χ4n) is 4.28. The second-order valence-corrected chi connectivity index (χ2v) is 10.1. The van der Waals surface area contributed by atoms with Crippen molar-refractivity contribution in [1.82, 2.24) is 14.7 Å². The van der Waals surface area contributed by atoms with Crippen LogP contribution in [0.2, 0.25) is 10.0 Å². The van der Waals surface area contributed by atoms with E-state index in [2.05, 4.69) is 22.1 Å². The molecule has 0 unspecified atom stereocenters. The van der Waals surface area contributed by atoms with E-state index in [-0.39, 0.29) is 6.61 Å². The molecule has 8 heteroatoms. The third-order valence-corrected chi connectivity index (χ3v) is 7.05. The van der Waals surface area contributed by atoms with E-state index < -0.39 is 5.60 Å². The molecule has 0 bridgehead atoms. The van der Waals surface area contributed by atoms with E-state index in [0.29, 0.717) is 35.2 Å². The highest BCUT2D eigenvalue weighted by Crippen LogP contribution is 2.29. The summed E-state index contributed by atoms with van der Waals surface area (Å²) in [5.74, 6) is 1.50. The maximum atomic E-state index is 11.1. The second-order valence-electron chi connectivity index (χ2n) is 9.28. The maximum absolute atomic E-state index is 11.1. The van der Waals surface area contributed by atoms with Crippen LogP contribution >= 0.6 is 23.2 Å². The Morgan fingerprint density at radius 3 is 2.51 bits per heavy atom. The number of aliphatic hydroxyl groups is 1. The van der Waals surface area contributed by atoms with E-state index in [1.165, 1.54) is 5.56 Å². The molecule has 1 N–H and O–H groups in total. The van der Waals surface area contributed by atoms with Crippen molar-refractivity contribution in [3.8, 4) is 11.5 Å². The molecule has 2 aromatic carbocycles. The minimum Gasteiger partial charge on any atom is -0.494 e. The van der Waals surface area contributed by atoms with Crippen LogP contribution < -0.4 is 9.47 Å². The molecule has 1 aliphatic rings. The summed E-state index contributed by atoms with van der Waals surface area (Å²) in [7, 11) is 0. The van der Waals surface area contributed by atoms with Crippen LogP contribution in [0.5, 0.6) is 11.5 Å². The quantitative estimate of drug-likeness (QED) is 0.346. The van der Waals surface area contributed by atoms with E-state index >= 15 is 0 Å². The normalized spacial score (nSPS) is 18.9. The van der Waals surface area contributed by atoms with Gasteiger partial charge in [-0.15, -0.1) is 0 Å². The predicted molar refractivity (Wildman–Crippen MR) is 140 cm³/mol. The molecule has 4 rings (SSSR count). The van der Waals surface area contributed by atoms with Gasteiger partial charge in [0, 0.05) is 38.3 Å². The van der Waals surface area contributed by atoms with Gasteiger partial charge in [0.1, 0.15) is 18.1 Å². The summed E-state index contributed by atoms with van der Waals surface area (Å²) in [6, 6.07) is 15.5. The predicted octanol–water partition coefficient (Wildman–Crippen LogP) is 5.76. The fourth-order valence-corrected chi connectivity index (χ4v) is 4.56. The van der Waals surface area contributed by atoms with Crippen molar-refractivity contribution in [2.45, 2.75) is 51.3 Å². The average molecular weight is 518 g/mol. The number of aromatic nitrogens is 2. The van der Waals surface area contributed by atoms with Crippen LogP contribution in [0, 0.1) is 6.92 Å². The van der Waals surface area contributed by atoms with Crippen LogP contribution in [0.1, 0.15) is 36.9 Å². The highest BCUT2D eigenvalue weighted by atomic mass is 35.5. The standard InChI is InChI=1S/C27H33Cl2N3O3/c1-21-10-15-32(30-21)14-3-17-34-23-6-4-22(5-7-23)19-31-13-2-11-27(33,12-16-31)20-35-24-8-9-25(28)26(29)18-24/h4-10,15,18,33H,2-3,11-14,16-17,19-20H2,1H3/t27-/m1/s1. The Kier molecular flexibility index (Phi) is 8.95. The van der Waals surface area contributed by atoms with Gasteiger partial charge >= 0.3 is 0 Å². The van der Waals surface area contributed by atoms with Crippen LogP contribution in [0.25, 0.3) is 0 Å². The minimum absolute atomic E-state index is 0.241. The Bertz CT molecular complexity index is 1090. The lowest BCUT2D eigenvalue weighted by atomic mass is 9.96. The first-order valence-corrected chi connectivity index (χ1v) is 12.9. The highest BCUT2D eigenvalue weighted by molar-refractivity contribution is 6.42. The lowest BCUT2D eigenvalue weighted by molar-refractivity contribution is -0.0168. The number of ether oxygens (including phenoxy) is 2. The molecule has 1 saturated heterocycles. The summed E-state index contributed by atoms with van der Waals surface area (Å²) < 4.78 is 13.7. The second kappa shape index (κ2) is 12.1. The molecule has 0 radical (unpaired) electrons. The number of halogens is 2. The van der Waals surface area contributed by atoms with Crippen molar-refractivity contribution in [3.05, 3.63) is 76.0 Å². The number of hydrogen-bond acceptors (Lipinski definition) is 5. The van der Waals surface area contributed by atoms with Crippen LogP contribution in [0.15, 0.2) is 54.7 Å². The molecule has 35 heavy (non-hydrogen) atoms. The topological polar surface area (TPSA) is 59.8 Å². The number of aryl methyl sites for hydroxylation is 2. The van der Waals surface area contributed by atoms with Gasteiger partial charge in [0.25, 0.3) is 0 Å². The molecule has 0 aliphatic carbocycles. The molecule has 0 spiro atoms. The van der Waals surface area contributed by atoms with Gasteiger partial charge in [-0.3, -0.25) is 9.58 Å². The van der Waals surface area contributed by atoms with Crippen LogP contribution in [-0.4, -0.2) is 51.7 Å². The zero-order chi connectivity index (χ0) is 24.7. The van der Waals surface area contributed by atoms with Gasteiger partial charge in [-0.05, 0) is 68.6 Å². The molecule has 1 aliphatic heterocycles. The lowest BCUT2D eigenvalue weighted by Gasteiger charge is -2.27. The number of likely N-dealkylation sites (tertiary alicyclic amines) is 1. The van der Waals surface area contributed by atoms with Gasteiger partial charge < -0.3 is 14.6 Å². The molecular weight excluding hydrogens is 485 g/mol. The molecule has 188 valence electrons. The fraction of sp³-hybridized carbons (Fsp3) is 0.444. The Balaban J connectivity index is 1.19. The molecule has 1 aromatic heterocycles. The van der Waals surface area contributed by atoms with Crippen LogP contribution in [0.4, 0.5) is 0 Å². The molecule has 6 nitrogen and oxygen atoms in total. The summed E-state index contributed by atoms with van der Waals surface area (Å²) in [6.07, 6.45) is 5.18. The summed E-state index contributed by atoms with van der Waals surface area (Å²) in [5.41, 5.74) is 1.42. The van der Waals surface area contributed by atoms with Gasteiger partial charge in [-0.1, -0.05) is 35.3 Å². The van der Waals surface area contributed by atoms with Crippen molar-refractivity contribution in [3.63, 3.8) is 0 Å². The molecule has 3 aromatic rings. The Morgan fingerprint density at radius 2 is 1.77 bits per heavy atom. The van der Waals surface area contributed by atoms with Gasteiger partial charge in [-0.25, -0.2) is 0 Å². The van der Waals surface area contributed by atoms with E-state index in [9.17, 15) is 5.11 Å². The molecule has 1 fully saturated rings. The van der Waals surface area contributed by atoms with Gasteiger partial charge in [0.15, 0.2) is 0 Å². The Morgan fingerprint density at radius 1 is 0.971 bits per heavy atom. The number of benzene rings is 2. The first-order chi connectivity index (χ1) is 16.9. The highest BCUT2D eigenvalue weighted by Gasteiger charge is 2.31. The number of hydrogen-bond donors (Lipinski definition) is 1. The van der Waals surface area contributed by atoms with E-state index in [4.69, 9.17) is 32.7 Å². The Hall–Kier alpha value is -2.25. The van der Waals surface area contributed by atoms with Gasteiger partial charge in [0.2, 0.25) is 0 Å². The van der Waals surface area contributed by atoms with Crippen molar-refractivity contribution in [1.29, 1.82) is 0 Å². The molecule has 2 heterocycles. The van der Waals surface area contributed by atoms with Crippen LogP contribution in [0.3, 0.4) is 0 Å². The van der Waals surface area contributed by atoms with Crippen molar-refractivity contribution < 1.29 is 14.6 Å². The first-order valence-electron chi connectivity index (χ1n) is 12.1. The minimum atomic E-state index is -0.854. The third-order valence-electron chi connectivity index (χ3n) is 6.31. The SMILES string of the molecule is Cc1ccn(CCCOc2ccc(CN3CCC[C@](O)(COc4ccc(Cl)c(Cl)c4)CC3)cc2)n1. The van der Waals surface area contributed by atoms with E-state index in [0.717, 1.165) is 50.5 Å². The summed E-state index contributed by atoms with van der Waals surface area (Å²) in [6.45, 7) is 6.35. The van der Waals surface area contributed by atoms with Crippen LogP contribution in [-0.2, 0) is 13.1 Å². The van der Waals surface area contributed by atoms with Crippen molar-refractivity contribution >= 4 is 23.2 Å². The molecule has 1 atom stereocenters. The maximum Gasteiger partial charge on any atom is 0.121 e. The van der Waals surface area contributed by atoms with E-state index in [1.54, 1.807) is 18.2 Å². The molecule has 0 saturated carbocycles. The summed E-state index contributed by atoms with van der Waals surface area (Å²) in [5, 5.41) is 16.4. The largest absolute Gasteiger partial charge is 0.494 e. The van der Waals surface area contributed by atoms with Gasteiger partial charge in [0.05, 0.1) is 27.9 Å². The smallest absolute Gasteiger partial charge is 0.121 e. The zero-order valence-corrected chi connectivity index (χ0v) is 21.6. The monoisotopic (exact) mass is 517 g/mol. The lowest BCUT2D eigenvalue weighted by Crippen LogP contribution is -2.37.